The summed E-state index contributed by atoms with van der Waals surface area (Å²) in [6.45, 7) is 13.8. The zero-order chi connectivity index (χ0) is 18.5. The fourth-order valence-corrected chi connectivity index (χ4v) is 3.16. The van der Waals surface area contributed by atoms with Gasteiger partial charge in [0, 0.05) is 5.70 Å². The first-order chi connectivity index (χ1) is 10.9. The molecule has 0 fully saturated rings. The number of allylic oxidation sites excluding steroid dienone is 2. The molecule has 24 heavy (non-hydrogen) atoms. The summed E-state index contributed by atoms with van der Waals surface area (Å²) in [6, 6.07) is 9.47. The predicted octanol–water partition coefficient (Wildman–Crippen LogP) is 4.36. The third kappa shape index (κ3) is 5.73. The van der Waals surface area contributed by atoms with Crippen molar-refractivity contribution in [3.8, 4) is 0 Å². The average Bonchev–Trinajstić information content (AvgIpc) is 2.43. The first-order valence-electron chi connectivity index (χ1n) is 8.16. The maximum Gasteiger partial charge on any atom is 0.256 e. The normalized spacial score (nSPS) is 14.2. The van der Waals surface area contributed by atoms with Crippen LogP contribution in [-0.2, 0) is 14.0 Å². The molecule has 0 aliphatic rings. The Bertz CT molecular complexity index is 615. The zero-order valence-corrected chi connectivity index (χ0v) is 16.8. The first-order valence-corrected chi connectivity index (χ1v) is 11.1. The molecule has 4 nitrogen and oxygen atoms in total. The van der Waals surface area contributed by atoms with Crippen LogP contribution in [-0.4, -0.2) is 20.0 Å². The smallest absolute Gasteiger partial charge is 0.256 e. The Hall–Kier alpha value is -1.72. The van der Waals surface area contributed by atoms with Crippen molar-refractivity contribution in [3.05, 3.63) is 47.7 Å². The lowest BCUT2D eigenvalue weighted by Crippen LogP contribution is -2.45. The van der Waals surface area contributed by atoms with Gasteiger partial charge in [0.15, 0.2) is 20.2 Å². The maximum atomic E-state index is 12.8. The molecule has 0 aliphatic carbocycles. The Balaban J connectivity index is 3.12. The van der Waals surface area contributed by atoms with Gasteiger partial charge in [-0.1, -0.05) is 51.1 Å². The van der Waals surface area contributed by atoms with Crippen molar-refractivity contribution in [1.82, 2.24) is 5.32 Å². The van der Waals surface area contributed by atoms with Crippen LogP contribution in [0.2, 0.25) is 18.1 Å². The van der Waals surface area contributed by atoms with E-state index in [2.05, 4.69) is 39.2 Å². The van der Waals surface area contributed by atoms with Crippen molar-refractivity contribution >= 4 is 20.0 Å². The number of rotatable bonds is 6. The molecule has 1 amide bonds. The van der Waals surface area contributed by atoms with Gasteiger partial charge in [-0.15, -0.1) is 0 Å². The van der Waals surface area contributed by atoms with Gasteiger partial charge in [-0.05, 0) is 43.6 Å². The maximum absolute atomic E-state index is 12.8. The molecular formula is C19H29NO3Si. The molecule has 0 radical (unpaired) electrons. The molecule has 0 aromatic heterocycles. The summed E-state index contributed by atoms with van der Waals surface area (Å²) >= 11 is 0. The molecule has 1 N–H and O–H groups in total. The van der Waals surface area contributed by atoms with Crippen LogP contribution < -0.4 is 5.32 Å². The highest BCUT2D eigenvalue weighted by molar-refractivity contribution is 6.74. The Labute approximate surface area is 146 Å². The molecule has 1 aromatic rings. The van der Waals surface area contributed by atoms with Gasteiger partial charge >= 0.3 is 0 Å². The molecule has 1 atom stereocenters. The number of carbonyl (C=O) groups excluding carboxylic acids is 2. The molecule has 5 heteroatoms. The van der Waals surface area contributed by atoms with Crippen molar-refractivity contribution in [1.29, 1.82) is 0 Å². The van der Waals surface area contributed by atoms with Crippen LogP contribution >= 0.6 is 0 Å². The Morgan fingerprint density at radius 3 is 2.12 bits per heavy atom. The second kappa shape index (κ2) is 7.90. The molecule has 0 unspecified atom stereocenters. The van der Waals surface area contributed by atoms with Gasteiger partial charge in [-0.2, -0.15) is 0 Å². The number of benzene rings is 1. The molecule has 0 saturated heterocycles. The Kier molecular flexibility index (Phi) is 6.69. The van der Waals surface area contributed by atoms with Crippen LogP contribution in [0.25, 0.3) is 0 Å². The van der Waals surface area contributed by atoms with Crippen molar-refractivity contribution in [2.24, 2.45) is 0 Å². The lowest BCUT2D eigenvalue weighted by molar-refractivity contribution is -0.128. The fourth-order valence-electron chi connectivity index (χ4n) is 1.97. The second-order valence-electron chi connectivity index (χ2n) is 7.60. The van der Waals surface area contributed by atoms with E-state index in [9.17, 15) is 9.59 Å². The van der Waals surface area contributed by atoms with E-state index >= 15 is 0 Å². The minimum absolute atomic E-state index is 0.00935. The molecular weight excluding hydrogens is 318 g/mol. The van der Waals surface area contributed by atoms with Gasteiger partial charge in [0.05, 0.1) is 0 Å². The number of nitrogens with one attached hydrogen (secondary N) is 1. The summed E-state index contributed by atoms with van der Waals surface area (Å²) in [7, 11) is -2.14. The van der Waals surface area contributed by atoms with Crippen LogP contribution in [0.1, 0.15) is 46.3 Å². The van der Waals surface area contributed by atoms with Gasteiger partial charge in [-0.25, -0.2) is 0 Å². The monoisotopic (exact) mass is 347 g/mol. The average molecular weight is 348 g/mol. The highest BCUT2D eigenvalue weighted by atomic mass is 28.4. The standard InChI is InChI=1S/C19H29NO3Si/c1-14(13-15(2)21)20-18(22)17(16-11-9-8-10-12-16)23-24(6,7)19(3,4)5/h8-13,17H,1-7H3,(H,20,22)/b14-13-/t17-/m1/s1. The number of hydrogen-bond donors (Lipinski definition) is 1. The molecule has 0 heterocycles. The van der Waals surface area contributed by atoms with Gasteiger partial charge < -0.3 is 9.74 Å². The summed E-state index contributed by atoms with van der Waals surface area (Å²) in [5.74, 6) is -0.351. The Morgan fingerprint density at radius 2 is 1.67 bits per heavy atom. The van der Waals surface area contributed by atoms with E-state index in [-0.39, 0.29) is 16.7 Å². The minimum Gasteiger partial charge on any atom is -0.401 e. The van der Waals surface area contributed by atoms with Crippen LogP contribution in [0.15, 0.2) is 42.1 Å². The van der Waals surface area contributed by atoms with Crippen LogP contribution in [0, 0.1) is 0 Å². The van der Waals surface area contributed by atoms with E-state index < -0.39 is 14.4 Å². The van der Waals surface area contributed by atoms with E-state index in [4.69, 9.17) is 4.43 Å². The zero-order valence-electron chi connectivity index (χ0n) is 15.8. The third-order valence-corrected chi connectivity index (χ3v) is 8.74. The number of ketones is 1. The van der Waals surface area contributed by atoms with Crippen molar-refractivity contribution in [3.63, 3.8) is 0 Å². The number of carbonyl (C=O) groups is 2. The quantitative estimate of drug-likeness (QED) is 0.614. The third-order valence-electron chi connectivity index (χ3n) is 4.30. The molecule has 0 saturated carbocycles. The van der Waals surface area contributed by atoms with Crippen molar-refractivity contribution in [2.45, 2.75) is 58.9 Å². The summed E-state index contributed by atoms with van der Waals surface area (Å²) in [4.78, 5) is 24.0. The summed E-state index contributed by atoms with van der Waals surface area (Å²) < 4.78 is 6.37. The van der Waals surface area contributed by atoms with Crippen LogP contribution in [0.3, 0.4) is 0 Å². The second-order valence-corrected chi connectivity index (χ2v) is 12.4. The molecule has 1 aromatic carbocycles. The molecule has 0 aliphatic heterocycles. The van der Waals surface area contributed by atoms with Crippen LogP contribution in [0.5, 0.6) is 0 Å². The van der Waals surface area contributed by atoms with Gasteiger partial charge in [0.1, 0.15) is 0 Å². The van der Waals surface area contributed by atoms with E-state index in [1.807, 2.05) is 30.3 Å². The molecule has 0 spiro atoms. The van der Waals surface area contributed by atoms with E-state index in [0.717, 1.165) is 5.56 Å². The van der Waals surface area contributed by atoms with E-state index in [1.54, 1.807) is 6.92 Å². The summed E-state index contributed by atoms with van der Waals surface area (Å²) in [5.41, 5.74) is 1.34. The number of hydrogen-bond acceptors (Lipinski definition) is 3. The van der Waals surface area contributed by atoms with Gasteiger partial charge in [0.2, 0.25) is 0 Å². The molecule has 132 valence electrons. The van der Waals surface area contributed by atoms with E-state index in [1.165, 1.54) is 13.0 Å². The highest BCUT2D eigenvalue weighted by Crippen LogP contribution is 2.39. The minimum atomic E-state index is -2.14. The number of amides is 1. The van der Waals surface area contributed by atoms with Crippen LogP contribution in [0.4, 0.5) is 0 Å². The lowest BCUT2D eigenvalue weighted by atomic mass is 10.1. The summed E-state index contributed by atoms with van der Waals surface area (Å²) in [5, 5.41) is 2.77. The molecule has 0 bridgehead atoms. The predicted molar refractivity (Wildman–Crippen MR) is 100 cm³/mol. The van der Waals surface area contributed by atoms with Gasteiger partial charge in [0.25, 0.3) is 5.91 Å². The topological polar surface area (TPSA) is 55.4 Å². The molecule has 1 rings (SSSR count). The largest absolute Gasteiger partial charge is 0.401 e. The fraction of sp³-hybridized carbons (Fsp3) is 0.474. The Morgan fingerprint density at radius 1 is 1.12 bits per heavy atom. The van der Waals surface area contributed by atoms with Crippen molar-refractivity contribution < 1.29 is 14.0 Å². The summed E-state index contributed by atoms with van der Waals surface area (Å²) in [6.07, 6.45) is 0.717. The van der Waals surface area contributed by atoms with E-state index in [0.29, 0.717) is 5.70 Å². The van der Waals surface area contributed by atoms with Gasteiger partial charge in [-0.3, -0.25) is 9.59 Å². The first kappa shape index (κ1) is 20.3. The lowest BCUT2D eigenvalue weighted by Gasteiger charge is -2.39. The van der Waals surface area contributed by atoms with Crippen molar-refractivity contribution in [2.75, 3.05) is 0 Å². The SMILES string of the molecule is CC(=O)/C=C(/C)NC(=O)[C@H](O[Si](C)(C)C(C)(C)C)c1ccccc1. The highest BCUT2D eigenvalue weighted by Gasteiger charge is 2.41.